The summed E-state index contributed by atoms with van der Waals surface area (Å²) in [5, 5.41) is 16.6. The van der Waals surface area contributed by atoms with Gasteiger partial charge >= 0.3 is 25.3 Å². The molecular formula is C29H45FN5O9P. The summed E-state index contributed by atoms with van der Waals surface area (Å²) in [7, 11) is -4.31. The molecule has 7 atom stereocenters. The lowest BCUT2D eigenvalue weighted by atomic mass is 9.98. The highest BCUT2D eigenvalue weighted by molar-refractivity contribution is 7.54. The number of nitrogens with two attached hydrogens (primary N) is 1. The maximum atomic E-state index is 15.7. The fourth-order valence-electron chi connectivity index (χ4n) is 6.78. The molecule has 252 valence electrons. The third-order valence-electron chi connectivity index (χ3n) is 9.65. The molecule has 1 aliphatic heterocycles. The van der Waals surface area contributed by atoms with Crippen molar-refractivity contribution < 1.29 is 42.4 Å². The van der Waals surface area contributed by atoms with Gasteiger partial charge in [0.2, 0.25) is 0 Å². The van der Waals surface area contributed by atoms with Gasteiger partial charge in [-0.25, -0.2) is 19.4 Å². The average molecular weight is 658 g/mol. The van der Waals surface area contributed by atoms with Crippen LogP contribution in [0.15, 0.2) is 17.1 Å². The highest BCUT2D eigenvalue weighted by Gasteiger charge is 2.86. The van der Waals surface area contributed by atoms with E-state index in [1.54, 1.807) is 0 Å². The topological polar surface area (TPSA) is 193 Å². The molecule has 4 fully saturated rings. The van der Waals surface area contributed by atoms with Gasteiger partial charge in [-0.3, -0.25) is 18.7 Å². The summed E-state index contributed by atoms with van der Waals surface area (Å²) in [6, 6.07) is -0.947. The smallest absolute Gasteiger partial charge is 0.351 e. The second kappa shape index (κ2) is 13.4. The predicted octanol–water partition coefficient (Wildman–Crippen LogP) is 2.64. The largest absolute Gasteiger partial charge is 0.461 e. The van der Waals surface area contributed by atoms with Crippen molar-refractivity contribution in [3.8, 4) is 0 Å². The molecule has 3 saturated carbocycles. The number of hydrogen-bond donors (Lipinski definition) is 4. The van der Waals surface area contributed by atoms with Gasteiger partial charge in [0.15, 0.2) is 12.4 Å². The number of nitrogens with zero attached hydrogens (tertiary/aromatic N) is 2. The molecule has 0 aromatic carbocycles. The molecule has 1 aromatic heterocycles. The number of carbonyl (C=O) groups excluding carboxylic acids is 2. The minimum Gasteiger partial charge on any atom is -0.461 e. The number of fused-ring (bicyclic) bond motifs is 1. The minimum atomic E-state index is -4.31. The van der Waals surface area contributed by atoms with Crippen LogP contribution in [0, 0.1) is 5.92 Å². The maximum absolute atomic E-state index is 15.7. The van der Waals surface area contributed by atoms with Gasteiger partial charge < -0.3 is 29.6 Å². The molecule has 0 amide bonds. The van der Waals surface area contributed by atoms with Gasteiger partial charge in [-0.15, -0.1) is 0 Å². The number of aromatic nitrogens is 2. The number of nitrogen functional groups attached to an aromatic ring is 1. The zero-order valence-electron chi connectivity index (χ0n) is 26.0. The molecule has 5 rings (SSSR count). The lowest BCUT2D eigenvalue weighted by Gasteiger charge is -2.30. The Labute approximate surface area is 261 Å². The normalized spacial score (nSPS) is 33.0. The van der Waals surface area contributed by atoms with Crippen molar-refractivity contribution in [2.24, 2.45) is 5.92 Å². The van der Waals surface area contributed by atoms with E-state index in [2.05, 4.69) is 15.2 Å². The Morgan fingerprint density at radius 3 is 2.09 bits per heavy atom. The van der Waals surface area contributed by atoms with E-state index in [4.69, 9.17) is 24.5 Å². The van der Waals surface area contributed by atoms with Gasteiger partial charge in [-0.05, 0) is 71.3 Å². The van der Waals surface area contributed by atoms with Crippen molar-refractivity contribution in [3.63, 3.8) is 0 Å². The Bertz CT molecular complexity index is 1310. The van der Waals surface area contributed by atoms with Crippen molar-refractivity contribution in [1.29, 1.82) is 0 Å². The quantitative estimate of drug-likeness (QED) is 0.190. The SMILES string of the molecule is CC(NP(=O)(NC(C)C(=O)OC1CCCCC1)OCC12OC(n3ccc(N)nc3=O)C(F)C1(O)C2C)C(=O)OC1CCCCC1. The van der Waals surface area contributed by atoms with Crippen LogP contribution in [0.1, 0.15) is 91.2 Å². The van der Waals surface area contributed by atoms with Crippen LogP contribution in [-0.4, -0.2) is 74.9 Å². The van der Waals surface area contributed by atoms with Gasteiger partial charge in [0, 0.05) is 12.1 Å². The Hall–Kier alpha value is -2.42. The van der Waals surface area contributed by atoms with Gasteiger partial charge in [0.05, 0.1) is 6.61 Å². The van der Waals surface area contributed by atoms with Crippen molar-refractivity contribution in [2.45, 2.75) is 133 Å². The molecule has 45 heavy (non-hydrogen) atoms. The number of anilines is 1. The lowest BCUT2D eigenvalue weighted by molar-refractivity contribution is -0.152. The molecule has 2 heterocycles. The number of ether oxygens (including phenoxy) is 3. The maximum Gasteiger partial charge on any atom is 0.351 e. The fraction of sp³-hybridized carbons (Fsp3) is 0.793. The van der Waals surface area contributed by atoms with E-state index in [0.29, 0.717) is 0 Å². The first-order valence-corrected chi connectivity index (χ1v) is 17.5. The van der Waals surface area contributed by atoms with E-state index in [0.717, 1.165) is 68.8 Å². The zero-order chi connectivity index (χ0) is 32.6. The number of hydrogen-bond acceptors (Lipinski definition) is 11. The van der Waals surface area contributed by atoms with Crippen LogP contribution in [0.2, 0.25) is 0 Å². The van der Waals surface area contributed by atoms with Gasteiger partial charge in [0.25, 0.3) is 0 Å². The Kier molecular flexibility index (Phi) is 10.1. The summed E-state index contributed by atoms with van der Waals surface area (Å²) in [6.45, 7) is 3.85. The number of esters is 2. The number of carbonyl (C=O) groups is 2. The summed E-state index contributed by atoms with van der Waals surface area (Å²) >= 11 is 0. The summed E-state index contributed by atoms with van der Waals surface area (Å²) < 4.78 is 53.9. The van der Waals surface area contributed by atoms with Gasteiger partial charge in [0.1, 0.15) is 41.3 Å². The molecule has 5 N–H and O–H groups in total. The zero-order valence-corrected chi connectivity index (χ0v) is 26.9. The van der Waals surface area contributed by atoms with Crippen molar-refractivity contribution >= 4 is 25.4 Å². The molecule has 16 heteroatoms. The lowest BCUT2D eigenvalue weighted by Crippen LogP contribution is -2.44. The predicted molar refractivity (Wildman–Crippen MR) is 159 cm³/mol. The summed E-state index contributed by atoms with van der Waals surface area (Å²) in [4.78, 5) is 41.9. The first kappa shape index (κ1) is 33.9. The number of halogens is 1. The van der Waals surface area contributed by atoms with Crippen LogP contribution in [0.25, 0.3) is 0 Å². The van der Waals surface area contributed by atoms with Crippen LogP contribution in [0.3, 0.4) is 0 Å². The Morgan fingerprint density at radius 2 is 1.60 bits per heavy atom. The van der Waals surface area contributed by atoms with E-state index in [9.17, 15) is 24.1 Å². The van der Waals surface area contributed by atoms with Crippen molar-refractivity contribution in [1.82, 2.24) is 19.7 Å². The fourth-order valence-corrected chi connectivity index (χ4v) is 8.61. The molecule has 4 aliphatic rings. The number of aliphatic hydroxyl groups is 1. The molecule has 7 unspecified atom stereocenters. The van der Waals surface area contributed by atoms with Crippen LogP contribution in [0.5, 0.6) is 0 Å². The molecule has 0 spiro atoms. The van der Waals surface area contributed by atoms with Crippen molar-refractivity contribution in [2.75, 3.05) is 12.3 Å². The Morgan fingerprint density at radius 1 is 1.09 bits per heavy atom. The third kappa shape index (κ3) is 6.84. The summed E-state index contributed by atoms with van der Waals surface area (Å²) in [6.07, 6.45) is 6.00. The van der Waals surface area contributed by atoms with Crippen LogP contribution in [0.4, 0.5) is 10.2 Å². The van der Waals surface area contributed by atoms with E-state index >= 15 is 4.39 Å². The second-order valence-corrected chi connectivity index (χ2v) is 14.7. The molecular weight excluding hydrogens is 612 g/mol. The summed E-state index contributed by atoms with van der Waals surface area (Å²) in [5.74, 6) is -2.17. The number of alkyl halides is 1. The summed E-state index contributed by atoms with van der Waals surface area (Å²) in [5.41, 5.74) is 0.897. The van der Waals surface area contributed by atoms with Crippen LogP contribution < -0.4 is 21.6 Å². The average Bonchev–Trinajstić information content (AvgIpc) is 3.36. The third-order valence-corrected chi connectivity index (χ3v) is 11.6. The first-order chi connectivity index (χ1) is 21.3. The molecule has 3 aliphatic carbocycles. The van der Waals surface area contributed by atoms with E-state index in [-0.39, 0.29) is 18.0 Å². The van der Waals surface area contributed by atoms with E-state index in [1.165, 1.54) is 33.0 Å². The Balaban J connectivity index is 1.31. The molecule has 1 saturated heterocycles. The van der Waals surface area contributed by atoms with Crippen LogP contribution >= 0.6 is 7.67 Å². The van der Waals surface area contributed by atoms with E-state index < -0.39 is 73.5 Å². The monoisotopic (exact) mass is 657 g/mol. The molecule has 1 aromatic rings. The number of rotatable bonds is 12. The second-order valence-electron chi connectivity index (χ2n) is 12.8. The van der Waals surface area contributed by atoms with Gasteiger partial charge in [-0.2, -0.15) is 4.98 Å². The highest BCUT2D eigenvalue weighted by atomic mass is 31.2. The van der Waals surface area contributed by atoms with Crippen LogP contribution in [-0.2, 0) is 32.9 Å². The number of nitrogens with one attached hydrogen (secondary N) is 2. The molecule has 0 radical (unpaired) electrons. The highest BCUT2D eigenvalue weighted by Crippen LogP contribution is 2.68. The standard InChI is InChI=1S/C29H45FN5O9P/c1-17(25(36)42-20-10-6-4-7-11-20)33-45(40,34-18(2)26(37)43-21-12-8-5-9-13-21)41-16-28-19(3)29(28,39)23(30)24(44-28)35-15-14-22(31)32-27(35)38/h14-15,17-21,23-24,39H,4-13,16H2,1-3H3,(H2,31,32,38)(H2,33,34,40). The molecule has 14 nitrogen and oxygen atoms in total. The van der Waals surface area contributed by atoms with E-state index in [1.807, 2.05) is 0 Å². The minimum absolute atomic E-state index is 0.0645. The molecule has 0 bridgehead atoms. The first-order valence-electron chi connectivity index (χ1n) is 15.9. The van der Waals surface area contributed by atoms with Crippen molar-refractivity contribution in [3.05, 3.63) is 22.7 Å². The van der Waals surface area contributed by atoms with Gasteiger partial charge in [-0.1, -0.05) is 19.8 Å².